The summed E-state index contributed by atoms with van der Waals surface area (Å²) in [5.74, 6) is -1.06. The van der Waals surface area contributed by atoms with Crippen LogP contribution in [0.2, 0.25) is 0 Å². The average Bonchev–Trinajstić information content (AvgIpc) is 2.29. The Morgan fingerprint density at radius 3 is 2.47 bits per heavy atom. The molecule has 0 saturated heterocycles. The third kappa shape index (κ3) is 4.55. The summed E-state index contributed by atoms with van der Waals surface area (Å²) in [6, 6.07) is 9.18. The normalized spacial score (nSPS) is 9.71. The number of carboxylic acid groups (broad SMARTS) is 1. The summed E-state index contributed by atoms with van der Waals surface area (Å²) >= 11 is 0. The minimum absolute atomic E-state index is 0.226. The molecule has 0 unspecified atom stereocenters. The number of amides is 1. The van der Waals surface area contributed by atoms with E-state index in [-0.39, 0.29) is 19.7 Å². The van der Waals surface area contributed by atoms with Gasteiger partial charge >= 0.3 is 12.1 Å². The summed E-state index contributed by atoms with van der Waals surface area (Å²) in [6.07, 6.45) is -0.612. The maximum atomic E-state index is 11.5. The third-order valence-electron chi connectivity index (χ3n) is 2.07. The first-order valence-electron chi connectivity index (χ1n) is 5.31. The fourth-order valence-electron chi connectivity index (χ4n) is 1.37. The van der Waals surface area contributed by atoms with Crippen LogP contribution in [0.15, 0.2) is 30.3 Å². The van der Waals surface area contributed by atoms with Crippen LogP contribution < -0.4 is 0 Å². The highest BCUT2D eigenvalue weighted by Crippen LogP contribution is 2.05. The summed E-state index contributed by atoms with van der Waals surface area (Å²) < 4.78 is 4.80. The summed E-state index contributed by atoms with van der Waals surface area (Å²) in [6.45, 7) is 1.77. The van der Waals surface area contributed by atoms with Crippen LogP contribution in [0.4, 0.5) is 4.79 Å². The molecule has 0 saturated carbocycles. The molecule has 0 aliphatic rings. The van der Waals surface area contributed by atoms with Gasteiger partial charge in [-0.3, -0.25) is 9.69 Å². The van der Waals surface area contributed by atoms with Crippen molar-refractivity contribution < 1.29 is 19.4 Å². The van der Waals surface area contributed by atoms with Gasteiger partial charge in [0.05, 0.1) is 6.61 Å². The lowest BCUT2D eigenvalue weighted by atomic mass is 10.2. The van der Waals surface area contributed by atoms with E-state index in [9.17, 15) is 9.59 Å². The van der Waals surface area contributed by atoms with Crippen molar-refractivity contribution in [2.24, 2.45) is 0 Å². The van der Waals surface area contributed by atoms with Gasteiger partial charge in [-0.15, -0.1) is 0 Å². The Morgan fingerprint density at radius 1 is 1.29 bits per heavy atom. The predicted octanol–water partition coefficient (Wildman–Crippen LogP) is 1.73. The molecule has 1 aromatic rings. The Kier molecular flexibility index (Phi) is 5.00. The smallest absolute Gasteiger partial charge is 0.410 e. The van der Waals surface area contributed by atoms with Crippen molar-refractivity contribution in [3.05, 3.63) is 35.9 Å². The van der Waals surface area contributed by atoms with Crippen LogP contribution in [0, 0.1) is 0 Å². The lowest BCUT2D eigenvalue weighted by molar-refractivity contribution is -0.138. The SMILES string of the molecule is CCOC(=O)N(CC(=O)O)Cc1ccccc1. The Morgan fingerprint density at radius 2 is 1.94 bits per heavy atom. The highest BCUT2D eigenvalue weighted by atomic mass is 16.6. The molecule has 0 radical (unpaired) electrons. The van der Waals surface area contributed by atoms with E-state index in [0.717, 1.165) is 10.5 Å². The second-order valence-corrected chi connectivity index (χ2v) is 3.43. The van der Waals surface area contributed by atoms with Crippen molar-refractivity contribution in [3.63, 3.8) is 0 Å². The molecule has 1 amide bonds. The average molecular weight is 237 g/mol. The second-order valence-electron chi connectivity index (χ2n) is 3.43. The van der Waals surface area contributed by atoms with Gasteiger partial charge in [0, 0.05) is 6.54 Å². The Bertz CT molecular complexity index is 377. The molecule has 0 fully saturated rings. The molecule has 1 aromatic carbocycles. The third-order valence-corrected chi connectivity index (χ3v) is 2.07. The Hall–Kier alpha value is -2.04. The van der Waals surface area contributed by atoms with Gasteiger partial charge in [-0.2, -0.15) is 0 Å². The first kappa shape index (κ1) is 13.0. The Balaban J connectivity index is 2.70. The molecule has 1 N–H and O–H groups in total. The number of nitrogens with zero attached hydrogens (tertiary/aromatic N) is 1. The number of carbonyl (C=O) groups excluding carboxylic acids is 1. The van der Waals surface area contributed by atoms with E-state index in [0.29, 0.717) is 0 Å². The lowest BCUT2D eigenvalue weighted by Crippen LogP contribution is -2.35. The zero-order valence-corrected chi connectivity index (χ0v) is 9.63. The van der Waals surface area contributed by atoms with Gasteiger partial charge in [0.15, 0.2) is 0 Å². The van der Waals surface area contributed by atoms with Crippen molar-refractivity contribution >= 4 is 12.1 Å². The van der Waals surface area contributed by atoms with Crippen molar-refractivity contribution in [1.29, 1.82) is 0 Å². The monoisotopic (exact) mass is 237 g/mol. The predicted molar refractivity (Wildman–Crippen MR) is 61.5 cm³/mol. The number of hydrogen-bond acceptors (Lipinski definition) is 3. The number of carboxylic acids is 1. The van der Waals surface area contributed by atoms with Crippen molar-refractivity contribution in [2.45, 2.75) is 13.5 Å². The van der Waals surface area contributed by atoms with Crippen molar-refractivity contribution in [3.8, 4) is 0 Å². The molecule has 5 heteroatoms. The van der Waals surface area contributed by atoms with Crippen LogP contribution in [0.25, 0.3) is 0 Å². The largest absolute Gasteiger partial charge is 0.480 e. The van der Waals surface area contributed by atoms with Crippen molar-refractivity contribution in [1.82, 2.24) is 4.90 Å². The maximum absolute atomic E-state index is 11.5. The van der Waals surface area contributed by atoms with Crippen LogP contribution >= 0.6 is 0 Å². The molecule has 0 heterocycles. The number of benzene rings is 1. The minimum Gasteiger partial charge on any atom is -0.480 e. The van der Waals surface area contributed by atoms with Crippen LogP contribution in [0.1, 0.15) is 12.5 Å². The molecule has 0 bridgehead atoms. The molecule has 0 atom stereocenters. The van der Waals surface area contributed by atoms with E-state index in [1.54, 1.807) is 6.92 Å². The molecule has 0 aliphatic heterocycles. The number of rotatable bonds is 5. The summed E-state index contributed by atoms with van der Waals surface area (Å²) in [7, 11) is 0. The summed E-state index contributed by atoms with van der Waals surface area (Å²) in [5.41, 5.74) is 0.863. The molecule has 92 valence electrons. The number of ether oxygens (including phenoxy) is 1. The lowest BCUT2D eigenvalue weighted by Gasteiger charge is -2.19. The van der Waals surface area contributed by atoms with Gasteiger partial charge < -0.3 is 9.84 Å². The molecular formula is C12H15NO4. The zero-order valence-electron chi connectivity index (χ0n) is 9.63. The number of hydrogen-bond donors (Lipinski definition) is 1. The van der Waals surface area contributed by atoms with E-state index < -0.39 is 12.1 Å². The van der Waals surface area contributed by atoms with Gasteiger partial charge in [0.1, 0.15) is 6.54 Å². The van der Waals surface area contributed by atoms with Crippen LogP contribution in [0.3, 0.4) is 0 Å². The van der Waals surface area contributed by atoms with E-state index in [4.69, 9.17) is 9.84 Å². The molecule has 0 spiro atoms. The quantitative estimate of drug-likeness (QED) is 0.846. The van der Waals surface area contributed by atoms with E-state index in [1.165, 1.54) is 0 Å². The minimum atomic E-state index is -1.06. The van der Waals surface area contributed by atoms with Crippen LogP contribution in [-0.4, -0.2) is 35.2 Å². The molecule has 17 heavy (non-hydrogen) atoms. The fraction of sp³-hybridized carbons (Fsp3) is 0.333. The van der Waals surface area contributed by atoms with Crippen molar-refractivity contribution in [2.75, 3.05) is 13.2 Å². The van der Waals surface area contributed by atoms with Gasteiger partial charge in [-0.1, -0.05) is 30.3 Å². The molecule has 1 rings (SSSR count). The highest BCUT2D eigenvalue weighted by Gasteiger charge is 2.17. The molecule has 0 aliphatic carbocycles. The van der Waals surface area contributed by atoms with Gasteiger partial charge in [0.25, 0.3) is 0 Å². The Labute approximate surface area is 99.6 Å². The fourth-order valence-corrected chi connectivity index (χ4v) is 1.37. The number of aliphatic carboxylic acids is 1. The topological polar surface area (TPSA) is 66.8 Å². The maximum Gasteiger partial charge on any atom is 0.410 e. The first-order valence-corrected chi connectivity index (χ1v) is 5.31. The molecular weight excluding hydrogens is 222 g/mol. The van der Waals surface area contributed by atoms with Gasteiger partial charge in [-0.25, -0.2) is 4.79 Å². The molecule has 0 aromatic heterocycles. The second kappa shape index (κ2) is 6.52. The van der Waals surface area contributed by atoms with Crippen LogP contribution in [0.5, 0.6) is 0 Å². The van der Waals surface area contributed by atoms with Crippen LogP contribution in [-0.2, 0) is 16.1 Å². The molecule has 5 nitrogen and oxygen atoms in total. The van der Waals surface area contributed by atoms with E-state index in [2.05, 4.69) is 0 Å². The summed E-state index contributed by atoms with van der Waals surface area (Å²) in [4.78, 5) is 23.3. The number of carbonyl (C=O) groups is 2. The van der Waals surface area contributed by atoms with Gasteiger partial charge in [-0.05, 0) is 12.5 Å². The summed E-state index contributed by atoms with van der Waals surface area (Å²) in [5, 5.41) is 8.73. The standard InChI is InChI=1S/C12H15NO4/c1-2-17-12(16)13(9-11(14)15)8-10-6-4-3-5-7-10/h3-7H,2,8-9H2,1H3,(H,14,15). The highest BCUT2D eigenvalue weighted by molar-refractivity contribution is 5.76. The van der Waals surface area contributed by atoms with Gasteiger partial charge in [0.2, 0.25) is 0 Å². The van der Waals surface area contributed by atoms with E-state index >= 15 is 0 Å². The first-order chi connectivity index (χ1) is 8.13. The van der Waals surface area contributed by atoms with E-state index in [1.807, 2.05) is 30.3 Å². The zero-order chi connectivity index (χ0) is 12.7.